The van der Waals surface area contributed by atoms with Crippen molar-refractivity contribution in [1.29, 1.82) is 10.8 Å². The summed E-state index contributed by atoms with van der Waals surface area (Å²) in [5.74, 6) is -1.25. The number of aryl methyl sites for hydroxylation is 2. The molecule has 1 aliphatic heterocycles. The molecule has 0 aromatic heterocycles. The second-order valence-corrected chi connectivity index (χ2v) is 11.9. The van der Waals surface area contributed by atoms with Crippen LogP contribution in [0, 0.1) is 24.7 Å². The molecule has 0 aliphatic carbocycles. The molecule has 0 spiro atoms. The number of ether oxygens (including phenoxy) is 1. The number of hydrogen-bond donors (Lipinski definition) is 5. The number of amidine groups is 2. The maximum atomic E-state index is 12.8. The summed E-state index contributed by atoms with van der Waals surface area (Å²) in [7, 11) is 0. The number of nitrogens with zero attached hydrogens (tertiary/aromatic N) is 3. The van der Waals surface area contributed by atoms with Gasteiger partial charge in [0, 0.05) is 56.2 Å². The maximum absolute atomic E-state index is 12.8. The monoisotopic (exact) mass is 628 g/mol. The minimum Gasteiger partial charge on any atom is -0.508 e. The average molecular weight is 629 g/mol. The van der Waals surface area contributed by atoms with Crippen LogP contribution in [-0.4, -0.2) is 71.9 Å². The first-order valence-electron chi connectivity index (χ1n) is 15.5. The van der Waals surface area contributed by atoms with Crippen LogP contribution >= 0.6 is 0 Å². The van der Waals surface area contributed by atoms with E-state index in [0.717, 1.165) is 48.6 Å². The third-order valence-electron chi connectivity index (χ3n) is 8.49. The Bertz CT molecular complexity index is 1590. The number of carbonyl (C=O) groups is 2. The lowest BCUT2D eigenvalue weighted by atomic mass is 9.98. The molecule has 46 heavy (non-hydrogen) atoms. The van der Waals surface area contributed by atoms with Gasteiger partial charge in [-0.05, 0) is 86.2 Å². The smallest absolute Gasteiger partial charge is 0.298 e. The molecule has 0 radical (unpaired) electrons. The molecule has 1 aliphatic rings. The number of aromatic hydroxyl groups is 2. The van der Waals surface area contributed by atoms with Gasteiger partial charge in [-0.15, -0.1) is 0 Å². The minimum atomic E-state index is -0.652. The number of rotatable bonds is 9. The Kier molecular flexibility index (Phi) is 10.7. The van der Waals surface area contributed by atoms with E-state index in [2.05, 4.69) is 22.0 Å². The predicted octanol–water partition coefficient (Wildman–Crippen LogP) is 5.20. The van der Waals surface area contributed by atoms with Crippen LogP contribution in [0.2, 0.25) is 0 Å². The van der Waals surface area contributed by atoms with Gasteiger partial charge in [-0.25, -0.2) is 0 Å². The van der Waals surface area contributed by atoms with Crippen molar-refractivity contribution in [2.75, 3.05) is 42.5 Å². The van der Waals surface area contributed by atoms with Crippen LogP contribution in [0.1, 0.15) is 67.5 Å². The summed E-state index contributed by atoms with van der Waals surface area (Å²) in [4.78, 5) is 29.6. The molecule has 1 heterocycles. The fourth-order valence-corrected chi connectivity index (χ4v) is 5.91. The van der Waals surface area contributed by atoms with Gasteiger partial charge < -0.3 is 25.2 Å². The number of nitrogens with one attached hydrogen (secondary N) is 3. The Balaban J connectivity index is 1.54. The zero-order valence-corrected chi connectivity index (χ0v) is 27.3. The SMILES string of the molecule is CCNC(=O)C(=N)N(C(=N)c1cc(C(C)C)c(O)cc1O)c1ccc(C(C)N2CCN(c3cc(C)c(OC=O)c(C)c3)CC2)cc1. The average Bonchev–Trinajstić information content (AvgIpc) is 3.02. The van der Waals surface area contributed by atoms with E-state index in [1.54, 1.807) is 19.1 Å². The minimum absolute atomic E-state index is 0.0807. The highest BCUT2D eigenvalue weighted by molar-refractivity contribution is 6.48. The number of benzene rings is 3. The van der Waals surface area contributed by atoms with Gasteiger partial charge in [0.2, 0.25) is 0 Å². The van der Waals surface area contributed by atoms with Crippen molar-refractivity contribution in [1.82, 2.24) is 10.2 Å². The summed E-state index contributed by atoms with van der Waals surface area (Å²) >= 11 is 0. The molecule has 1 unspecified atom stereocenters. The normalized spacial score (nSPS) is 14.1. The lowest BCUT2D eigenvalue weighted by molar-refractivity contribution is -0.120. The van der Waals surface area contributed by atoms with Crippen LogP contribution in [0.4, 0.5) is 11.4 Å². The summed E-state index contributed by atoms with van der Waals surface area (Å²) in [6, 6.07) is 14.3. The first kappa shape index (κ1) is 34.0. The van der Waals surface area contributed by atoms with Gasteiger partial charge in [-0.1, -0.05) is 26.0 Å². The Morgan fingerprint density at radius 3 is 2.13 bits per heavy atom. The van der Waals surface area contributed by atoms with E-state index < -0.39 is 11.7 Å². The molecule has 11 heteroatoms. The molecule has 1 atom stereocenters. The second kappa shape index (κ2) is 14.5. The molecule has 1 fully saturated rings. The van der Waals surface area contributed by atoms with Gasteiger partial charge in [0.25, 0.3) is 12.4 Å². The van der Waals surface area contributed by atoms with Gasteiger partial charge >= 0.3 is 0 Å². The van der Waals surface area contributed by atoms with Crippen LogP contribution in [0.15, 0.2) is 48.5 Å². The highest BCUT2D eigenvalue weighted by Gasteiger charge is 2.28. The van der Waals surface area contributed by atoms with Crippen LogP contribution in [0.5, 0.6) is 17.2 Å². The van der Waals surface area contributed by atoms with Crippen LogP contribution in [0.25, 0.3) is 0 Å². The van der Waals surface area contributed by atoms with Gasteiger partial charge in [0.05, 0.1) is 5.56 Å². The number of piperazine rings is 1. The fraction of sp³-hybridized carbons (Fsp3) is 0.371. The fourth-order valence-electron chi connectivity index (χ4n) is 5.91. The number of carbonyl (C=O) groups excluding carboxylic acids is 2. The second-order valence-electron chi connectivity index (χ2n) is 11.9. The largest absolute Gasteiger partial charge is 0.508 e. The molecule has 244 valence electrons. The molecule has 5 N–H and O–H groups in total. The Hall–Kier alpha value is -4.90. The first-order valence-corrected chi connectivity index (χ1v) is 15.5. The summed E-state index contributed by atoms with van der Waals surface area (Å²) in [6.07, 6.45) is 0. The molecule has 11 nitrogen and oxygen atoms in total. The highest BCUT2D eigenvalue weighted by atomic mass is 16.5. The van der Waals surface area contributed by atoms with E-state index in [0.29, 0.717) is 30.0 Å². The maximum Gasteiger partial charge on any atom is 0.298 e. The van der Waals surface area contributed by atoms with Crippen LogP contribution < -0.4 is 19.9 Å². The van der Waals surface area contributed by atoms with Gasteiger partial charge in [0.1, 0.15) is 23.1 Å². The number of anilines is 2. The third-order valence-corrected chi connectivity index (χ3v) is 8.49. The standard InChI is InChI=1S/C35H44N6O5/c1-7-38-35(45)34(37)41(33(36)29-18-28(21(2)3)30(43)19-31(29)44)26-10-8-25(9-11-26)24(6)39-12-14-40(15-13-39)27-16-22(4)32(46-20-42)23(5)17-27/h8-11,16-21,24,36-37,43-44H,7,12-15H2,1-6H3,(H,38,45). The number of amides is 1. The van der Waals surface area contributed by atoms with Crippen LogP contribution in [0.3, 0.4) is 0 Å². The summed E-state index contributed by atoms with van der Waals surface area (Å²) in [5.41, 5.74) is 5.05. The number of phenols is 2. The van der Waals surface area contributed by atoms with Crippen molar-refractivity contribution in [2.45, 2.75) is 53.5 Å². The van der Waals surface area contributed by atoms with Crippen molar-refractivity contribution >= 4 is 35.4 Å². The summed E-state index contributed by atoms with van der Waals surface area (Å²) < 4.78 is 5.15. The molecule has 3 aromatic rings. The van der Waals surface area contributed by atoms with E-state index >= 15 is 0 Å². The zero-order chi connectivity index (χ0) is 33.7. The predicted molar refractivity (Wildman–Crippen MR) is 181 cm³/mol. The topological polar surface area (TPSA) is 153 Å². The van der Waals surface area contributed by atoms with Gasteiger partial charge in [-0.3, -0.25) is 30.2 Å². The Morgan fingerprint density at radius 2 is 1.59 bits per heavy atom. The van der Waals surface area contributed by atoms with Crippen molar-refractivity contribution in [2.24, 2.45) is 0 Å². The van der Waals surface area contributed by atoms with Crippen molar-refractivity contribution < 1.29 is 24.5 Å². The Morgan fingerprint density at radius 1 is 0.978 bits per heavy atom. The first-order chi connectivity index (χ1) is 21.9. The lowest BCUT2D eigenvalue weighted by Gasteiger charge is -2.39. The molecule has 1 amide bonds. The van der Waals surface area contributed by atoms with E-state index in [9.17, 15) is 19.8 Å². The molecular formula is C35H44N6O5. The highest BCUT2D eigenvalue weighted by Crippen LogP contribution is 2.35. The van der Waals surface area contributed by atoms with Gasteiger partial charge in [-0.2, -0.15) is 0 Å². The van der Waals surface area contributed by atoms with Crippen LogP contribution in [-0.2, 0) is 9.59 Å². The Labute approximate surface area is 270 Å². The number of phenolic OH excluding ortho intramolecular Hbond substituents is 2. The molecule has 0 bridgehead atoms. The van der Waals surface area contributed by atoms with E-state index in [4.69, 9.17) is 15.6 Å². The zero-order valence-electron chi connectivity index (χ0n) is 27.3. The number of likely N-dealkylation sites (N-methyl/N-ethyl adjacent to an activating group) is 1. The molecule has 3 aromatic carbocycles. The van der Waals surface area contributed by atoms with Gasteiger partial charge in [0.15, 0.2) is 5.84 Å². The lowest BCUT2D eigenvalue weighted by Crippen LogP contribution is -2.47. The third kappa shape index (κ3) is 7.15. The number of hydrogen-bond acceptors (Lipinski definition) is 9. The molecular weight excluding hydrogens is 584 g/mol. The quantitative estimate of drug-likeness (QED) is 0.123. The molecule has 4 rings (SSSR count). The van der Waals surface area contributed by atoms with Crippen molar-refractivity contribution in [3.63, 3.8) is 0 Å². The van der Waals surface area contributed by atoms with E-state index in [-0.39, 0.29) is 34.9 Å². The van der Waals surface area contributed by atoms with Crippen molar-refractivity contribution in [3.8, 4) is 17.2 Å². The van der Waals surface area contributed by atoms with E-state index in [1.165, 1.54) is 17.0 Å². The molecule has 0 saturated carbocycles. The molecule has 1 saturated heterocycles. The van der Waals surface area contributed by atoms with E-state index in [1.807, 2.05) is 52.0 Å². The summed E-state index contributed by atoms with van der Waals surface area (Å²) in [5, 5.41) is 41.3. The summed E-state index contributed by atoms with van der Waals surface area (Å²) in [6.45, 7) is 15.7. The van der Waals surface area contributed by atoms with Crippen molar-refractivity contribution in [3.05, 3.63) is 76.3 Å².